The summed E-state index contributed by atoms with van der Waals surface area (Å²) in [7, 11) is 0. The van der Waals surface area contributed by atoms with E-state index >= 15 is 0 Å². The van der Waals surface area contributed by atoms with Crippen LogP contribution in [-0.4, -0.2) is 73.6 Å². The van der Waals surface area contributed by atoms with Gasteiger partial charge in [-0.1, -0.05) is 69.7 Å². The number of hydrogen-bond acceptors (Lipinski definition) is 3. The van der Waals surface area contributed by atoms with Crippen LogP contribution in [0.2, 0.25) is 0 Å². The minimum Gasteiger partial charge on any atom is -0.303 e. The predicted molar refractivity (Wildman–Crippen MR) is 142 cm³/mol. The van der Waals surface area contributed by atoms with Crippen LogP contribution >= 0.6 is 0 Å². The molecule has 3 saturated heterocycles. The average molecular weight is 440 g/mol. The Hall–Kier alpha value is -0.120. The Morgan fingerprint density at radius 3 is 0.871 bits per heavy atom. The van der Waals surface area contributed by atoms with Crippen LogP contribution in [0.15, 0.2) is 0 Å². The Balaban J connectivity index is 0.000000429. The first-order valence-electron chi connectivity index (χ1n) is 13.2. The van der Waals surface area contributed by atoms with Crippen molar-refractivity contribution < 1.29 is 0 Å². The van der Waals surface area contributed by atoms with Crippen LogP contribution in [-0.2, 0) is 0 Å². The fourth-order valence-corrected chi connectivity index (χ4v) is 5.13. The van der Waals surface area contributed by atoms with Gasteiger partial charge in [-0.3, -0.25) is 0 Å². The van der Waals surface area contributed by atoms with E-state index in [1.807, 2.05) is 0 Å². The minimum absolute atomic E-state index is 0. The zero-order valence-electron chi connectivity index (χ0n) is 22.3. The zero-order chi connectivity index (χ0) is 22.7. The molecule has 0 N–H and O–H groups in total. The minimum atomic E-state index is 0. The van der Waals surface area contributed by atoms with E-state index in [4.69, 9.17) is 0 Å². The van der Waals surface area contributed by atoms with Crippen molar-refractivity contribution in [2.24, 2.45) is 35.5 Å². The maximum atomic E-state index is 2.58. The number of likely N-dealkylation sites (tertiary alicyclic amines) is 3. The van der Waals surface area contributed by atoms with Crippen LogP contribution in [0.25, 0.3) is 0 Å². The highest BCUT2D eigenvalue weighted by molar-refractivity contribution is 4.74. The van der Waals surface area contributed by atoms with E-state index in [2.05, 4.69) is 77.0 Å². The molecule has 3 nitrogen and oxygen atoms in total. The normalized spacial score (nSPS) is 27.3. The van der Waals surface area contributed by atoms with Gasteiger partial charge in [-0.2, -0.15) is 0 Å². The highest BCUT2D eigenvalue weighted by Gasteiger charge is 2.19. The quantitative estimate of drug-likeness (QED) is 0.462. The van der Waals surface area contributed by atoms with Gasteiger partial charge < -0.3 is 14.7 Å². The van der Waals surface area contributed by atoms with Gasteiger partial charge in [-0.05, 0) is 74.4 Å². The summed E-state index contributed by atoms with van der Waals surface area (Å²) >= 11 is 0. The van der Waals surface area contributed by atoms with Gasteiger partial charge in [-0.25, -0.2) is 0 Å². The lowest BCUT2D eigenvalue weighted by Crippen LogP contribution is -2.24. The Morgan fingerprint density at radius 2 is 0.742 bits per heavy atom. The van der Waals surface area contributed by atoms with Crippen LogP contribution in [0, 0.1) is 35.5 Å². The molecule has 0 aromatic heterocycles. The molecule has 0 aromatic carbocycles. The molecule has 3 fully saturated rings. The fraction of sp³-hybridized carbons (Fsp3) is 1.00. The van der Waals surface area contributed by atoms with E-state index in [-0.39, 0.29) is 7.43 Å². The highest BCUT2D eigenvalue weighted by Crippen LogP contribution is 2.17. The maximum Gasteiger partial charge on any atom is 0.000761 e. The second-order valence-corrected chi connectivity index (χ2v) is 12.1. The fourth-order valence-electron chi connectivity index (χ4n) is 5.13. The van der Waals surface area contributed by atoms with E-state index < -0.39 is 0 Å². The highest BCUT2D eigenvalue weighted by atomic mass is 15.2. The molecular formula is C28H61N3. The van der Waals surface area contributed by atoms with Crippen LogP contribution in [0.5, 0.6) is 0 Å². The van der Waals surface area contributed by atoms with Gasteiger partial charge >= 0.3 is 0 Å². The van der Waals surface area contributed by atoms with Gasteiger partial charge in [-0.15, -0.1) is 0 Å². The topological polar surface area (TPSA) is 9.72 Å². The predicted octanol–water partition coefficient (Wildman–Crippen LogP) is 6.59. The molecule has 3 aliphatic heterocycles. The number of rotatable bonds is 6. The van der Waals surface area contributed by atoms with Crippen molar-refractivity contribution in [3.63, 3.8) is 0 Å². The largest absolute Gasteiger partial charge is 0.303 e. The first-order chi connectivity index (χ1) is 14.0. The van der Waals surface area contributed by atoms with Crippen LogP contribution in [0.1, 0.15) is 89.0 Å². The first-order valence-corrected chi connectivity index (χ1v) is 13.2. The van der Waals surface area contributed by atoms with E-state index in [0.717, 1.165) is 35.5 Å². The van der Waals surface area contributed by atoms with Gasteiger partial charge in [0.05, 0.1) is 0 Å². The Kier molecular flexibility index (Phi) is 16.4. The third-order valence-electron chi connectivity index (χ3n) is 6.39. The number of nitrogens with zero attached hydrogens (tertiary/aromatic N) is 3. The Bertz CT molecular complexity index is 359. The summed E-state index contributed by atoms with van der Waals surface area (Å²) in [6.07, 6.45) is 4.23. The molecule has 0 aliphatic carbocycles. The summed E-state index contributed by atoms with van der Waals surface area (Å²) < 4.78 is 0. The van der Waals surface area contributed by atoms with E-state index in [1.165, 1.54) is 78.2 Å². The Morgan fingerprint density at radius 1 is 0.516 bits per heavy atom. The second kappa shape index (κ2) is 16.5. The van der Waals surface area contributed by atoms with Gasteiger partial charge in [0.2, 0.25) is 0 Å². The van der Waals surface area contributed by atoms with E-state index in [0.29, 0.717) is 0 Å². The molecule has 0 saturated carbocycles. The molecule has 0 radical (unpaired) electrons. The molecule has 3 heteroatoms. The SMILES string of the molecule is C.CC(C)CN1CC[C@H](C)C1.CC(C)CN1CC[C@H](C)C1.CC(C)CN1CC[C@H](C)C1. The van der Waals surface area contributed by atoms with Gasteiger partial charge in [0, 0.05) is 39.3 Å². The molecule has 0 spiro atoms. The Labute approximate surface area is 198 Å². The van der Waals surface area contributed by atoms with Gasteiger partial charge in [0.15, 0.2) is 0 Å². The molecule has 0 aromatic rings. The van der Waals surface area contributed by atoms with Gasteiger partial charge in [0.1, 0.15) is 0 Å². The molecule has 188 valence electrons. The van der Waals surface area contributed by atoms with Gasteiger partial charge in [0.25, 0.3) is 0 Å². The average Bonchev–Trinajstić information content (AvgIpc) is 3.31. The molecular weight excluding hydrogens is 378 g/mol. The zero-order valence-corrected chi connectivity index (χ0v) is 22.3. The van der Waals surface area contributed by atoms with Crippen molar-refractivity contribution in [2.75, 3.05) is 58.9 Å². The summed E-state index contributed by atoms with van der Waals surface area (Å²) in [5.41, 5.74) is 0. The molecule has 3 aliphatic rings. The van der Waals surface area contributed by atoms with Crippen LogP contribution in [0.4, 0.5) is 0 Å². The molecule has 0 amide bonds. The second-order valence-electron chi connectivity index (χ2n) is 12.1. The summed E-state index contributed by atoms with van der Waals surface area (Å²) in [6.45, 7) is 32.7. The maximum absolute atomic E-state index is 2.58. The van der Waals surface area contributed by atoms with Crippen molar-refractivity contribution in [1.82, 2.24) is 14.7 Å². The first kappa shape index (κ1) is 30.9. The van der Waals surface area contributed by atoms with Crippen molar-refractivity contribution in [3.8, 4) is 0 Å². The molecule has 3 rings (SSSR count). The van der Waals surface area contributed by atoms with Crippen molar-refractivity contribution in [3.05, 3.63) is 0 Å². The molecule has 3 heterocycles. The van der Waals surface area contributed by atoms with Crippen molar-refractivity contribution >= 4 is 0 Å². The molecule has 0 bridgehead atoms. The summed E-state index contributed by atoms with van der Waals surface area (Å²) in [4.78, 5) is 7.74. The summed E-state index contributed by atoms with van der Waals surface area (Å²) in [5, 5.41) is 0. The van der Waals surface area contributed by atoms with E-state index in [1.54, 1.807) is 0 Å². The smallest absolute Gasteiger partial charge is 0.000761 e. The molecule has 0 unspecified atom stereocenters. The lowest BCUT2D eigenvalue weighted by molar-refractivity contribution is 0.290. The third-order valence-corrected chi connectivity index (χ3v) is 6.39. The van der Waals surface area contributed by atoms with Crippen LogP contribution in [0.3, 0.4) is 0 Å². The monoisotopic (exact) mass is 439 g/mol. The lowest BCUT2D eigenvalue weighted by atomic mass is 10.2. The van der Waals surface area contributed by atoms with Crippen LogP contribution < -0.4 is 0 Å². The van der Waals surface area contributed by atoms with Crippen molar-refractivity contribution in [2.45, 2.75) is 89.0 Å². The van der Waals surface area contributed by atoms with E-state index in [9.17, 15) is 0 Å². The summed E-state index contributed by atoms with van der Waals surface area (Å²) in [6, 6.07) is 0. The third kappa shape index (κ3) is 15.4. The summed E-state index contributed by atoms with van der Waals surface area (Å²) in [5.74, 6) is 5.34. The van der Waals surface area contributed by atoms with Crippen molar-refractivity contribution in [1.29, 1.82) is 0 Å². The molecule has 31 heavy (non-hydrogen) atoms. The lowest BCUT2D eigenvalue weighted by Gasteiger charge is -2.17. The standard InChI is InChI=1S/3C9H19N.CH4/c3*1-8(2)6-10-5-4-9(3)7-10;/h3*8-9H,4-7H2,1-3H3;1H4/t3*9-;/m000./s1. The molecule has 3 atom stereocenters. The number of hydrogen-bond donors (Lipinski definition) is 0.